The van der Waals surface area contributed by atoms with Crippen molar-refractivity contribution in [1.29, 1.82) is 0 Å². The van der Waals surface area contributed by atoms with Crippen LogP contribution in [0.15, 0.2) is 35.0 Å². The Morgan fingerprint density at radius 1 is 1.19 bits per heavy atom. The van der Waals surface area contributed by atoms with E-state index in [1.165, 1.54) is 12.1 Å². The predicted molar refractivity (Wildman–Crippen MR) is 77.7 cm³/mol. The number of hydrogen-bond acceptors (Lipinski definition) is 6. The van der Waals surface area contributed by atoms with Crippen LogP contribution < -0.4 is 5.32 Å². The number of nitro groups is 1. The van der Waals surface area contributed by atoms with Gasteiger partial charge >= 0.3 is 0 Å². The number of rotatable bonds is 3. The molecule has 0 saturated heterocycles. The molecule has 0 saturated carbocycles. The first-order valence-electron chi connectivity index (χ1n) is 6.30. The largest absolute Gasteiger partial charge is 0.348 e. The monoisotopic (exact) mass is 284 g/mol. The SMILES string of the molecule is Cc1ccc(C)c(Nc2c([N+](=O)[O-])ccc3nonc23)c1. The molecule has 0 aliphatic heterocycles. The van der Waals surface area contributed by atoms with Gasteiger partial charge in [0.05, 0.1) is 4.92 Å². The fraction of sp³-hybridized carbons (Fsp3) is 0.143. The molecule has 1 heterocycles. The van der Waals surface area contributed by atoms with Crippen LogP contribution in [0.3, 0.4) is 0 Å². The number of aryl methyl sites for hydroxylation is 2. The molecule has 7 heteroatoms. The van der Waals surface area contributed by atoms with Gasteiger partial charge in [0.2, 0.25) is 0 Å². The van der Waals surface area contributed by atoms with E-state index in [-0.39, 0.29) is 11.4 Å². The fourth-order valence-electron chi connectivity index (χ4n) is 2.12. The van der Waals surface area contributed by atoms with Crippen LogP contribution in [-0.4, -0.2) is 15.2 Å². The third kappa shape index (κ3) is 2.29. The van der Waals surface area contributed by atoms with Crippen LogP contribution in [0, 0.1) is 24.0 Å². The van der Waals surface area contributed by atoms with Crippen molar-refractivity contribution in [3.05, 3.63) is 51.6 Å². The summed E-state index contributed by atoms with van der Waals surface area (Å²) in [5.74, 6) is 0. The van der Waals surface area contributed by atoms with Gasteiger partial charge in [0.25, 0.3) is 5.69 Å². The minimum atomic E-state index is -0.457. The van der Waals surface area contributed by atoms with Crippen LogP contribution in [-0.2, 0) is 0 Å². The number of aromatic nitrogens is 2. The first-order chi connectivity index (χ1) is 10.1. The van der Waals surface area contributed by atoms with E-state index < -0.39 is 4.92 Å². The van der Waals surface area contributed by atoms with E-state index in [4.69, 9.17) is 0 Å². The summed E-state index contributed by atoms with van der Waals surface area (Å²) >= 11 is 0. The summed E-state index contributed by atoms with van der Waals surface area (Å²) in [5, 5.41) is 21.8. The molecule has 0 amide bonds. The lowest BCUT2D eigenvalue weighted by Crippen LogP contribution is -2.00. The Morgan fingerprint density at radius 3 is 2.76 bits per heavy atom. The molecule has 1 N–H and O–H groups in total. The molecule has 106 valence electrons. The number of nitrogens with one attached hydrogen (secondary N) is 1. The van der Waals surface area contributed by atoms with Crippen molar-refractivity contribution >= 4 is 28.1 Å². The predicted octanol–water partition coefficient (Wildman–Crippen LogP) is 3.49. The first kappa shape index (κ1) is 13.0. The van der Waals surface area contributed by atoms with Gasteiger partial charge in [-0.15, -0.1) is 0 Å². The van der Waals surface area contributed by atoms with Crippen LogP contribution in [0.4, 0.5) is 17.1 Å². The van der Waals surface area contributed by atoms with Crippen molar-refractivity contribution in [1.82, 2.24) is 10.3 Å². The molecule has 0 unspecified atom stereocenters. The van der Waals surface area contributed by atoms with Crippen LogP contribution >= 0.6 is 0 Å². The van der Waals surface area contributed by atoms with Crippen molar-refractivity contribution < 1.29 is 9.55 Å². The molecule has 0 radical (unpaired) electrons. The summed E-state index contributed by atoms with van der Waals surface area (Å²) in [5.41, 5.74) is 3.83. The fourth-order valence-corrected chi connectivity index (χ4v) is 2.12. The summed E-state index contributed by atoms with van der Waals surface area (Å²) in [7, 11) is 0. The summed E-state index contributed by atoms with van der Waals surface area (Å²) in [6.45, 7) is 3.88. The van der Waals surface area contributed by atoms with Crippen molar-refractivity contribution in [2.45, 2.75) is 13.8 Å². The van der Waals surface area contributed by atoms with Crippen LogP contribution in [0.1, 0.15) is 11.1 Å². The lowest BCUT2D eigenvalue weighted by atomic mass is 10.1. The number of fused-ring (bicyclic) bond motifs is 1. The zero-order chi connectivity index (χ0) is 15.0. The van der Waals surface area contributed by atoms with Gasteiger partial charge in [-0.1, -0.05) is 12.1 Å². The maximum atomic E-state index is 11.2. The average molecular weight is 284 g/mol. The molecule has 7 nitrogen and oxygen atoms in total. The molecular weight excluding hydrogens is 272 g/mol. The molecular formula is C14H12N4O3. The molecule has 0 aliphatic carbocycles. The third-order valence-corrected chi connectivity index (χ3v) is 3.26. The second kappa shape index (κ2) is 4.86. The number of nitro benzene ring substituents is 1. The highest BCUT2D eigenvalue weighted by Crippen LogP contribution is 2.34. The third-order valence-electron chi connectivity index (χ3n) is 3.26. The Bertz CT molecular complexity index is 841. The molecule has 21 heavy (non-hydrogen) atoms. The van der Waals surface area contributed by atoms with Crippen LogP contribution in [0.5, 0.6) is 0 Å². The standard InChI is InChI=1S/C14H12N4O3/c1-8-3-4-9(2)11(7-8)15-14-12(18(19)20)6-5-10-13(14)17-21-16-10/h3-7,15H,1-2H3. The van der Waals surface area contributed by atoms with E-state index in [2.05, 4.69) is 20.3 Å². The number of hydrogen-bond donors (Lipinski definition) is 1. The van der Waals surface area contributed by atoms with Gasteiger partial charge in [-0.05, 0) is 47.4 Å². The summed E-state index contributed by atoms with van der Waals surface area (Å²) in [4.78, 5) is 10.8. The van der Waals surface area contributed by atoms with E-state index >= 15 is 0 Å². The Balaban J connectivity index is 2.18. The zero-order valence-corrected chi connectivity index (χ0v) is 11.5. The van der Waals surface area contributed by atoms with Gasteiger partial charge in [0.1, 0.15) is 11.2 Å². The van der Waals surface area contributed by atoms with Crippen molar-refractivity contribution in [3.63, 3.8) is 0 Å². The highest BCUT2D eigenvalue weighted by Gasteiger charge is 2.21. The maximum absolute atomic E-state index is 11.2. The second-order valence-electron chi connectivity index (χ2n) is 4.79. The van der Waals surface area contributed by atoms with Gasteiger partial charge in [-0.25, -0.2) is 4.63 Å². The molecule has 0 fully saturated rings. The van der Waals surface area contributed by atoms with Gasteiger partial charge in [-0.3, -0.25) is 10.1 Å². The van der Waals surface area contributed by atoms with Gasteiger partial charge in [-0.2, -0.15) is 0 Å². The summed E-state index contributed by atoms with van der Waals surface area (Å²) in [6.07, 6.45) is 0. The topological polar surface area (TPSA) is 94.1 Å². The number of nitrogens with zero attached hydrogens (tertiary/aromatic N) is 3. The van der Waals surface area contributed by atoms with Crippen molar-refractivity contribution in [2.24, 2.45) is 0 Å². The molecule has 0 bridgehead atoms. The van der Waals surface area contributed by atoms with E-state index in [0.717, 1.165) is 16.8 Å². The number of anilines is 2. The Labute approximate surface area is 119 Å². The van der Waals surface area contributed by atoms with Gasteiger partial charge in [0, 0.05) is 11.8 Å². The van der Waals surface area contributed by atoms with E-state index in [1.54, 1.807) is 0 Å². The lowest BCUT2D eigenvalue weighted by molar-refractivity contribution is -0.383. The first-order valence-corrected chi connectivity index (χ1v) is 6.30. The smallest absolute Gasteiger partial charge is 0.295 e. The molecule has 3 aromatic rings. The summed E-state index contributed by atoms with van der Waals surface area (Å²) < 4.78 is 4.67. The van der Waals surface area contributed by atoms with Crippen LogP contribution in [0.25, 0.3) is 11.0 Å². The lowest BCUT2D eigenvalue weighted by Gasteiger charge is -2.10. The molecule has 3 rings (SSSR count). The van der Waals surface area contributed by atoms with Gasteiger partial charge < -0.3 is 5.32 Å². The zero-order valence-electron chi connectivity index (χ0n) is 11.5. The van der Waals surface area contributed by atoms with Gasteiger partial charge in [0.15, 0.2) is 5.52 Å². The average Bonchev–Trinajstić information content (AvgIpc) is 2.91. The minimum Gasteiger partial charge on any atom is -0.348 e. The van der Waals surface area contributed by atoms with Crippen molar-refractivity contribution in [2.75, 3.05) is 5.32 Å². The molecule has 1 aromatic heterocycles. The van der Waals surface area contributed by atoms with E-state index in [1.807, 2.05) is 32.0 Å². The second-order valence-corrected chi connectivity index (χ2v) is 4.79. The quantitative estimate of drug-likeness (QED) is 0.584. The maximum Gasteiger partial charge on any atom is 0.295 e. The number of benzene rings is 2. The molecule has 2 aromatic carbocycles. The minimum absolute atomic E-state index is 0.0703. The highest BCUT2D eigenvalue weighted by molar-refractivity contribution is 5.95. The van der Waals surface area contributed by atoms with Crippen molar-refractivity contribution in [3.8, 4) is 0 Å². The molecule has 0 spiro atoms. The van der Waals surface area contributed by atoms with E-state index in [0.29, 0.717) is 11.0 Å². The Kier molecular flexibility index (Phi) is 3.02. The molecule has 0 atom stereocenters. The Morgan fingerprint density at radius 2 is 2.00 bits per heavy atom. The normalized spacial score (nSPS) is 10.8. The summed E-state index contributed by atoms with van der Waals surface area (Å²) in [6, 6.07) is 8.75. The Hall–Kier alpha value is -2.96. The van der Waals surface area contributed by atoms with E-state index in [9.17, 15) is 10.1 Å². The highest BCUT2D eigenvalue weighted by atomic mass is 16.6. The molecule has 0 aliphatic rings. The van der Waals surface area contributed by atoms with Crippen LogP contribution in [0.2, 0.25) is 0 Å².